The molecule has 8 heteroatoms. The number of carboxylic acid groups (broad SMARTS) is 1. The number of carbonyl (C=O) groups is 3. The normalized spacial score (nSPS) is 20.4. The van der Waals surface area contributed by atoms with Crippen molar-refractivity contribution in [3.63, 3.8) is 0 Å². The monoisotopic (exact) mass is 390 g/mol. The van der Waals surface area contributed by atoms with E-state index in [0.29, 0.717) is 43.9 Å². The maximum Gasteiger partial charge on any atom is 0.329 e. The van der Waals surface area contributed by atoms with Crippen LogP contribution in [0.3, 0.4) is 0 Å². The number of likely N-dealkylation sites (tertiary alicyclic amines) is 1. The molecule has 0 bridgehead atoms. The first-order valence-electron chi connectivity index (χ1n) is 9.42. The number of nitrogens with one attached hydrogen (secondary N) is 1. The molecule has 1 unspecified atom stereocenters. The predicted octanol–water partition coefficient (Wildman–Crippen LogP) is 1.22. The van der Waals surface area contributed by atoms with E-state index in [4.69, 9.17) is 9.47 Å². The summed E-state index contributed by atoms with van der Waals surface area (Å²) in [5.74, 6) is -0.660. The van der Waals surface area contributed by atoms with Crippen molar-refractivity contribution in [2.45, 2.75) is 37.6 Å². The topological polar surface area (TPSA) is 105 Å². The van der Waals surface area contributed by atoms with Crippen LogP contribution in [0.2, 0.25) is 0 Å². The molecule has 0 aromatic heterocycles. The summed E-state index contributed by atoms with van der Waals surface area (Å²) in [6.45, 7) is 0.801. The van der Waals surface area contributed by atoms with Crippen LogP contribution in [0.4, 0.5) is 0 Å². The fraction of sp³-hybridized carbons (Fsp3) is 0.550. The predicted molar refractivity (Wildman–Crippen MR) is 100 cm³/mol. The first-order valence-corrected chi connectivity index (χ1v) is 9.42. The number of amides is 2. The summed E-state index contributed by atoms with van der Waals surface area (Å²) >= 11 is 0. The molecule has 2 aliphatic rings. The number of benzene rings is 1. The van der Waals surface area contributed by atoms with Crippen LogP contribution in [-0.4, -0.2) is 60.6 Å². The lowest BCUT2D eigenvalue weighted by Crippen LogP contribution is -2.60. The van der Waals surface area contributed by atoms with Gasteiger partial charge in [0, 0.05) is 19.5 Å². The Morgan fingerprint density at radius 3 is 2.54 bits per heavy atom. The Hall–Kier alpha value is -2.77. The van der Waals surface area contributed by atoms with E-state index in [-0.39, 0.29) is 18.2 Å². The van der Waals surface area contributed by atoms with Crippen molar-refractivity contribution in [3.05, 3.63) is 23.8 Å². The molecule has 2 N–H and O–H groups in total. The summed E-state index contributed by atoms with van der Waals surface area (Å²) in [4.78, 5) is 37.9. The van der Waals surface area contributed by atoms with Crippen molar-refractivity contribution in [2.75, 3.05) is 27.3 Å². The first-order chi connectivity index (χ1) is 13.4. The van der Waals surface area contributed by atoms with E-state index < -0.39 is 17.4 Å². The molecule has 2 amide bonds. The molecule has 1 aliphatic heterocycles. The van der Waals surface area contributed by atoms with E-state index >= 15 is 0 Å². The highest BCUT2D eigenvalue weighted by atomic mass is 16.5. The SMILES string of the molecule is COc1ccc(CCN2CC(C(=O)NC3(C(=O)O)CCC3)CC2=O)cc1OC. The summed E-state index contributed by atoms with van der Waals surface area (Å²) in [5, 5.41) is 12.0. The molecule has 3 rings (SSSR count). The molecule has 0 radical (unpaired) electrons. The quantitative estimate of drug-likeness (QED) is 0.691. The third-order valence-electron chi connectivity index (χ3n) is 5.68. The van der Waals surface area contributed by atoms with Gasteiger partial charge in [-0.25, -0.2) is 4.79 Å². The maximum atomic E-state index is 12.5. The van der Waals surface area contributed by atoms with Gasteiger partial charge in [0.2, 0.25) is 11.8 Å². The highest BCUT2D eigenvalue weighted by Gasteiger charge is 2.47. The summed E-state index contributed by atoms with van der Waals surface area (Å²) in [6.07, 6.45) is 2.41. The van der Waals surface area contributed by atoms with E-state index in [1.54, 1.807) is 19.1 Å². The molecule has 28 heavy (non-hydrogen) atoms. The number of carbonyl (C=O) groups excluding carboxylic acids is 2. The van der Waals surface area contributed by atoms with Crippen LogP contribution >= 0.6 is 0 Å². The van der Waals surface area contributed by atoms with Crippen LogP contribution in [0.5, 0.6) is 11.5 Å². The van der Waals surface area contributed by atoms with Gasteiger partial charge in [-0.1, -0.05) is 6.07 Å². The minimum atomic E-state index is -1.15. The Labute approximate surface area is 163 Å². The van der Waals surface area contributed by atoms with Crippen molar-refractivity contribution < 1.29 is 29.0 Å². The molecule has 1 saturated carbocycles. The molecule has 1 saturated heterocycles. The lowest BCUT2D eigenvalue weighted by molar-refractivity contribution is -0.152. The zero-order chi connectivity index (χ0) is 20.3. The lowest BCUT2D eigenvalue weighted by atomic mass is 9.76. The van der Waals surface area contributed by atoms with E-state index in [1.807, 2.05) is 18.2 Å². The lowest BCUT2D eigenvalue weighted by Gasteiger charge is -2.38. The summed E-state index contributed by atoms with van der Waals surface area (Å²) in [6, 6.07) is 5.61. The van der Waals surface area contributed by atoms with Gasteiger partial charge < -0.3 is 24.8 Å². The summed E-state index contributed by atoms with van der Waals surface area (Å²) in [7, 11) is 3.14. The second-order valence-corrected chi connectivity index (χ2v) is 7.41. The van der Waals surface area contributed by atoms with Crippen LogP contribution in [0.15, 0.2) is 18.2 Å². The van der Waals surface area contributed by atoms with Gasteiger partial charge in [-0.05, 0) is 43.4 Å². The third kappa shape index (κ3) is 3.90. The molecule has 2 fully saturated rings. The number of hydrogen-bond donors (Lipinski definition) is 2. The van der Waals surface area contributed by atoms with Crippen molar-refractivity contribution in [1.29, 1.82) is 0 Å². The van der Waals surface area contributed by atoms with Gasteiger partial charge in [0.15, 0.2) is 11.5 Å². The van der Waals surface area contributed by atoms with E-state index in [1.165, 1.54) is 0 Å². The smallest absolute Gasteiger partial charge is 0.329 e. The van der Waals surface area contributed by atoms with Gasteiger partial charge >= 0.3 is 5.97 Å². The molecular formula is C20H26N2O6. The van der Waals surface area contributed by atoms with Crippen LogP contribution < -0.4 is 14.8 Å². The van der Waals surface area contributed by atoms with E-state index in [2.05, 4.69) is 5.32 Å². The Bertz CT molecular complexity index is 774. The van der Waals surface area contributed by atoms with Crippen molar-refractivity contribution in [1.82, 2.24) is 10.2 Å². The average molecular weight is 390 g/mol. The van der Waals surface area contributed by atoms with Crippen LogP contribution in [0, 0.1) is 5.92 Å². The number of nitrogens with zero attached hydrogens (tertiary/aromatic N) is 1. The van der Waals surface area contributed by atoms with E-state index in [0.717, 1.165) is 12.0 Å². The fourth-order valence-corrected chi connectivity index (χ4v) is 3.72. The third-order valence-corrected chi connectivity index (χ3v) is 5.68. The number of aliphatic carboxylic acids is 1. The zero-order valence-corrected chi connectivity index (χ0v) is 16.2. The Morgan fingerprint density at radius 1 is 1.25 bits per heavy atom. The van der Waals surface area contributed by atoms with Gasteiger partial charge in [-0.2, -0.15) is 0 Å². The largest absolute Gasteiger partial charge is 0.493 e. The number of carboxylic acids is 1. The van der Waals surface area contributed by atoms with E-state index in [9.17, 15) is 19.5 Å². The number of ether oxygens (including phenoxy) is 2. The zero-order valence-electron chi connectivity index (χ0n) is 16.2. The molecule has 152 valence electrons. The van der Waals surface area contributed by atoms with Gasteiger partial charge in [0.25, 0.3) is 0 Å². The molecule has 1 aromatic rings. The Kier molecular flexibility index (Phi) is 5.76. The molecular weight excluding hydrogens is 364 g/mol. The number of methoxy groups -OCH3 is 2. The minimum absolute atomic E-state index is 0.0846. The molecule has 1 atom stereocenters. The van der Waals surface area contributed by atoms with Crippen LogP contribution in [0.1, 0.15) is 31.2 Å². The highest BCUT2D eigenvalue weighted by Crippen LogP contribution is 2.33. The second-order valence-electron chi connectivity index (χ2n) is 7.41. The van der Waals surface area contributed by atoms with Crippen molar-refractivity contribution in [2.24, 2.45) is 5.92 Å². The Balaban J connectivity index is 1.56. The van der Waals surface area contributed by atoms with Gasteiger partial charge in [-0.3, -0.25) is 9.59 Å². The molecule has 0 spiro atoms. The van der Waals surface area contributed by atoms with Crippen LogP contribution in [0.25, 0.3) is 0 Å². The maximum absolute atomic E-state index is 12.5. The van der Waals surface area contributed by atoms with Crippen molar-refractivity contribution >= 4 is 17.8 Å². The molecule has 1 heterocycles. The van der Waals surface area contributed by atoms with Gasteiger partial charge in [0.1, 0.15) is 5.54 Å². The van der Waals surface area contributed by atoms with Crippen LogP contribution in [-0.2, 0) is 20.8 Å². The molecule has 1 aromatic carbocycles. The standard InChI is InChI=1S/C20H26N2O6/c1-27-15-5-4-13(10-16(15)28-2)6-9-22-12-14(11-17(22)23)18(24)21-20(19(25)26)7-3-8-20/h4-5,10,14H,3,6-9,11-12H2,1-2H3,(H,21,24)(H,25,26). The summed E-state index contributed by atoms with van der Waals surface area (Å²) < 4.78 is 10.5. The minimum Gasteiger partial charge on any atom is -0.493 e. The van der Waals surface area contributed by atoms with Gasteiger partial charge in [-0.15, -0.1) is 0 Å². The second kappa shape index (κ2) is 8.08. The Morgan fingerprint density at radius 2 is 1.96 bits per heavy atom. The van der Waals surface area contributed by atoms with Gasteiger partial charge in [0.05, 0.1) is 20.1 Å². The number of hydrogen-bond acceptors (Lipinski definition) is 5. The summed E-state index contributed by atoms with van der Waals surface area (Å²) in [5.41, 5.74) is -0.148. The first kappa shape index (κ1) is 20.0. The number of rotatable bonds is 8. The molecule has 8 nitrogen and oxygen atoms in total. The highest BCUT2D eigenvalue weighted by molar-refractivity contribution is 5.93. The molecule has 1 aliphatic carbocycles. The fourth-order valence-electron chi connectivity index (χ4n) is 3.72. The van der Waals surface area contributed by atoms with Crippen molar-refractivity contribution in [3.8, 4) is 11.5 Å². The average Bonchev–Trinajstić information content (AvgIpc) is 3.03.